The predicted octanol–water partition coefficient (Wildman–Crippen LogP) is 2.48. The third kappa shape index (κ3) is 9.57. The molecule has 0 aliphatic rings. The zero-order chi connectivity index (χ0) is 13.3. The fraction of sp³-hybridized carbons (Fsp3) is 0.500. The third-order valence-electron chi connectivity index (χ3n) is 2.02. The molecule has 0 aromatic carbocycles. The molecule has 0 aromatic rings. The van der Waals surface area contributed by atoms with Gasteiger partial charge in [0.2, 0.25) is 5.91 Å². The summed E-state index contributed by atoms with van der Waals surface area (Å²) in [4.78, 5) is 13.6. The molecule has 0 saturated heterocycles. The van der Waals surface area contributed by atoms with Crippen LogP contribution < -0.4 is 5.32 Å². The Hall–Kier alpha value is -1.35. The quantitative estimate of drug-likeness (QED) is 0.567. The van der Waals surface area contributed by atoms with Crippen LogP contribution in [-0.2, 0) is 4.79 Å². The lowest BCUT2D eigenvalue weighted by molar-refractivity contribution is -0.115. The minimum atomic E-state index is -0.0675. The van der Waals surface area contributed by atoms with E-state index in [2.05, 4.69) is 5.32 Å². The van der Waals surface area contributed by atoms with Crippen LogP contribution in [0.5, 0.6) is 0 Å². The van der Waals surface area contributed by atoms with Gasteiger partial charge in [0.05, 0.1) is 0 Å². The molecular formula is C14H24N2O. The molecule has 17 heavy (non-hydrogen) atoms. The highest BCUT2D eigenvalue weighted by Gasteiger charge is 1.97. The standard InChI is InChI=1S/C14H24N2O/c1-6-13(10-9-12(2)3)15-14(17)8-7-11-16(4)5/h7-10H,6,11H2,1-5H3,(H,15,17)/b8-7+,13-10+. The van der Waals surface area contributed by atoms with Crippen LogP contribution in [0.4, 0.5) is 0 Å². The van der Waals surface area contributed by atoms with E-state index < -0.39 is 0 Å². The van der Waals surface area contributed by atoms with Gasteiger partial charge < -0.3 is 10.2 Å². The number of amides is 1. The van der Waals surface area contributed by atoms with Crippen molar-refractivity contribution in [3.05, 3.63) is 35.6 Å². The Kier molecular flexibility index (Phi) is 8.07. The molecule has 0 heterocycles. The van der Waals surface area contributed by atoms with E-state index in [1.165, 1.54) is 5.57 Å². The number of rotatable bonds is 6. The molecule has 3 nitrogen and oxygen atoms in total. The monoisotopic (exact) mass is 236 g/mol. The van der Waals surface area contributed by atoms with Crippen molar-refractivity contribution in [1.29, 1.82) is 0 Å². The molecule has 0 aliphatic carbocycles. The summed E-state index contributed by atoms with van der Waals surface area (Å²) in [5.41, 5.74) is 2.15. The highest BCUT2D eigenvalue weighted by Crippen LogP contribution is 1.99. The van der Waals surface area contributed by atoms with E-state index >= 15 is 0 Å². The average Bonchev–Trinajstić information content (AvgIpc) is 2.23. The molecule has 0 rings (SSSR count). The minimum Gasteiger partial charge on any atom is -0.326 e. The largest absolute Gasteiger partial charge is 0.326 e. The first-order valence-electron chi connectivity index (χ1n) is 5.92. The first kappa shape index (κ1) is 15.7. The lowest BCUT2D eigenvalue weighted by atomic mass is 10.2. The van der Waals surface area contributed by atoms with E-state index in [-0.39, 0.29) is 5.91 Å². The number of hydrogen-bond donors (Lipinski definition) is 1. The maximum Gasteiger partial charge on any atom is 0.247 e. The van der Waals surface area contributed by atoms with Crippen molar-refractivity contribution in [2.24, 2.45) is 0 Å². The number of hydrogen-bond acceptors (Lipinski definition) is 2. The summed E-state index contributed by atoms with van der Waals surface area (Å²) in [7, 11) is 3.93. The molecule has 0 radical (unpaired) electrons. The van der Waals surface area contributed by atoms with E-state index in [1.807, 2.05) is 58.0 Å². The summed E-state index contributed by atoms with van der Waals surface area (Å²) >= 11 is 0. The van der Waals surface area contributed by atoms with E-state index in [0.717, 1.165) is 18.7 Å². The van der Waals surface area contributed by atoms with Crippen LogP contribution in [0.1, 0.15) is 27.2 Å². The molecule has 0 fully saturated rings. The number of nitrogens with one attached hydrogen (secondary N) is 1. The Morgan fingerprint density at radius 1 is 1.24 bits per heavy atom. The summed E-state index contributed by atoms with van der Waals surface area (Å²) < 4.78 is 0. The highest BCUT2D eigenvalue weighted by atomic mass is 16.1. The van der Waals surface area contributed by atoms with Gasteiger partial charge in [0.1, 0.15) is 0 Å². The fourth-order valence-corrected chi connectivity index (χ4v) is 1.09. The number of carbonyl (C=O) groups excluding carboxylic acids is 1. The molecule has 0 bridgehead atoms. The Labute approximate surface area is 105 Å². The molecule has 0 atom stereocenters. The second kappa shape index (κ2) is 8.76. The summed E-state index contributed by atoms with van der Waals surface area (Å²) in [5, 5.41) is 2.87. The van der Waals surface area contributed by atoms with Crippen LogP contribution in [0, 0.1) is 0 Å². The van der Waals surface area contributed by atoms with Gasteiger partial charge in [-0.3, -0.25) is 4.79 Å². The minimum absolute atomic E-state index is 0.0675. The van der Waals surface area contributed by atoms with Crippen molar-refractivity contribution in [3.63, 3.8) is 0 Å². The van der Waals surface area contributed by atoms with E-state index in [0.29, 0.717) is 0 Å². The van der Waals surface area contributed by atoms with Gasteiger partial charge in [-0.15, -0.1) is 0 Å². The van der Waals surface area contributed by atoms with E-state index in [1.54, 1.807) is 6.08 Å². The first-order valence-corrected chi connectivity index (χ1v) is 5.92. The van der Waals surface area contributed by atoms with Gasteiger partial charge >= 0.3 is 0 Å². The molecule has 96 valence electrons. The second-order valence-electron chi connectivity index (χ2n) is 4.44. The Bertz CT molecular complexity index is 321. The normalized spacial score (nSPS) is 12.0. The molecule has 1 N–H and O–H groups in total. The summed E-state index contributed by atoms with van der Waals surface area (Å²) in [5.74, 6) is -0.0675. The molecule has 0 aromatic heterocycles. The van der Waals surface area contributed by atoms with Gasteiger partial charge in [-0.25, -0.2) is 0 Å². The molecule has 3 heteroatoms. The van der Waals surface area contributed by atoms with Crippen LogP contribution in [0.3, 0.4) is 0 Å². The number of allylic oxidation sites excluding steroid dienone is 4. The maximum absolute atomic E-state index is 11.6. The van der Waals surface area contributed by atoms with Crippen LogP contribution in [-0.4, -0.2) is 31.4 Å². The predicted molar refractivity (Wildman–Crippen MR) is 73.6 cm³/mol. The van der Waals surface area contributed by atoms with Crippen molar-refractivity contribution < 1.29 is 4.79 Å². The molecule has 1 amide bonds. The zero-order valence-electron chi connectivity index (χ0n) is 11.6. The molecule has 0 saturated carbocycles. The Morgan fingerprint density at radius 2 is 1.88 bits per heavy atom. The highest BCUT2D eigenvalue weighted by molar-refractivity contribution is 5.88. The average molecular weight is 236 g/mol. The number of likely N-dealkylation sites (N-methyl/N-ethyl adjacent to an activating group) is 1. The Balaban J connectivity index is 4.29. The molecule has 0 aliphatic heterocycles. The van der Waals surface area contributed by atoms with E-state index in [9.17, 15) is 4.79 Å². The van der Waals surface area contributed by atoms with Crippen molar-refractivity contribution in [3.8, 4) is 0 Å². The smallest absolute Gasteiger partial charge is 0.247 e. The van der Waals surface area contributed by atoms with Gasteiger partial charge in [0, 0.05) is 18.3 Å². The molecular weight excluding hydrogens is 212 g/mol. The van der Waals surface area contributed by atoms with E-state index in [4.69, 9.17) is 0 Å². The maximum atomic E-state index is 11.6. The SMILES string of the molecule is CC/C(=C\C=C(C)C)NC(=O)/C=C/CN(C)C. The lowest BCUT2D eigenvalue weighted by Crippen LogP contribution is -2.20. The summed E-state index contributed by atoms with van der Waals surface area (Å²) in [6.07, 6.45) is 8.20. The van der Waals surface area contributed by atoms with Crippen LogP contribution in [0.2, 0.25) is 0 Å². The Morgan fingerprint density at radius 3 is 2.35 bits per heavy atom. The van der Waals surface area contributed by atoms with Gasteiger partial charge in [-0.05, 0) is 40.4 Å². The van der Waals surface area contributed by atoms with Gasteiger partial charge in [0.25, 0.3) is 0 Å². The molecule has 0 spiro atoms. The van der Waals surface area contributed by atoms with Gasteiger partial charge in [-0.1, -0.05) is 24.6 Å². The van der Waals surface area contributed by atoms with Crippen LogP contribution in [0.25, 0.3) is 0 Å². The molecule has 0 unspecified atom stereocenters. The number of nitrogens with zero attached hydrogens (tertiary/aromatic N) is 1. The first-order chi connectivity index (χ1) is 7.95. The van der Waals surface area contributed by atoms with Crippen molar-refractivity contribution >= 4 is 5.91 Å². The second-order valence-corrected chi connectivity index (χ2v) is 4.44. The summed E-state index contributed by atoms with van der Waals surface area (Å²) in [6.45, 7) is 6.85. The third-order valence-corrected chi connectivity index (χ3v) is 2.02. The number of carbonyl (C=O) groups is 1. The van der Waals surface area contributed by atoms with Crippen LogP contribution in [0.15, 0.2) is 35.6 Å². The lowest BCUT2D eigenvalue weighted by Gasteiger charge is -2.06. The zero-order valence-corrected chi connectivity index (χ0v) is 11.6. The topological polar surface area (TPSA) is 32.3 Å². The van der Waals surface area contributed by atoms with Crippen molar-refractivity contribution in [1.82, 2.24) is 10.2 Å². The van der Waals surface area contributed by atoms with Gasteiger partial charge in [0.15, 0.2) is 0 Å². The fourth-order valence-electron chi connectivity index (χ4n) is 1.09. The van der Waals surface area contributed by atoms with Gasteiger partial charge in [-0.2, -0.15) is 0 Å². The van der Waals surface area contributed by atoms with Crippen molar-refractivity contribution in [2.45, 2.75) is 27.2 Å². The summed E-state index contributed by atoms with van der Waals surface area (Å²) in [6, 6.07) is 0. The van der Waals surface area contributed by atoms with Crippen LogP contribution >= 0.6 is 0 Å². The van der Waals surface area contributed by atoms with Crippen molar-refractivity contribution in [2.75, 3.05) is 20.6 Å².